The van der Waals surface area contributed by atoms with Gasteiger partial charge in [0.2, 0.25) is 5.91 Å². The summed E-state index contributed by atoms with van der Waals surface area (Å²) in [5.74, 6) is -0.764. The van der Waals surface area contributed by atoms with Crippen molar-refractivity contribution in [3.05, 3.63) is 29.8 Å². The van der Waals surface area contributed by atoms with Gasteiger partial charge in [-0.2, -0.15) is 17.0 Å². The summed E-state index contributed by atoms with van der Waals surface area (Å²) >= 11 is 0. The molecule has 160 valence electrons. The van der Waals surface area contributed by atoms with Gasteiger partial charge >= 0.3 is 0 Å². The van der Waals surface area contributed by atoms with Gasteiger partial charge in [0.05, 0.1) is 17.2 Å². The molecule has 2 saturated heterocycles. The third-order valence-corrected chi connectivity index (χ3v) is 7.51. The fourth-order valence-corrected chi connectivity index (χ4v) is 5.07. The summed E-state index contributed by atoms with van der Waals surface area (Å²) in [6.45, 7) is 2.03. The molecule has 2 heterocycles. The van der Waals surface area contributed by atoms with Gasteiger partial charge in [-0.3, -0.25) is 9.59 Å². The Kier molecular flexibility index (Phi) is 6.92. The van der Waals surface area contributed by atoms with Crippen LogP contribution in [-0.2, 0) is 15.0 Å². The normalized spacial score (nSPS) is 21.2. The molecule has 2 amide bonds. The lowest BCUT2D eigenvalue weighted by Crippen LogP contribution is -2.47. The number of hydrogen-bond acceptors (Lipinski definition) is 4. The van der Waals surface area contributed by atoms with Crippen LogP contribution in [0.25, 0.3) is 0 Å². The van der Waals surface area contributed by atoms with Crippen LogP contribution >= 0.6 is 0 Å². The lowest BCUT2D eigenvalue weighted by atomic mass is 9.98. The molecule has 0 aliphatic carbocycles. The van der Waals surface area contributed by atoms with Crippen LogP contribution in [-0.4, -0.2) is 74.0 Å². The van der Waals surface area contributed by atoms with E-state index in [0.29, 0.717) is 30.6 Å². The van der Waals surface area contributed by atoms with Crippen LogP contribution in [0.4, 0.5) is 5.69 Å². The highest BCUT2D eigenvalue weighted by atomic mass is 32.2. The number of hydrogen-bond donors (Lipinski definition) is 1. The number of likely N-dealkylation sites (tertiary alicyclic amines) is 1. The predicted octanol–water partition coefficient (Wildman–Crippen LogP) is 1.77. The third-order valence-electron chi connectivity index (χ3n) is 5.60. The van der Waals surface area contributed by atoms with Gasteiger partial charge in [-0.05, 0) is 44.2 Å². The van der Waals surface area contributed by atoms with Crippen molar-refractivity contribution in [2.45, 2.75) is 32.1 Å². The zero-order valence-electron chi connectivity index (χ0n) is 17.1. The highest BCUT2D eigenvalue weighted by Gasteiger charge is 2.34. The van der Waals surface area contributed by atoms with Gasteiger partial charge in [0, 0.05) is 40.3 Å². The van der Waals surface area contributed by atoms with Gasteiger partial charge in [-0.15, -0.1) is 0 Å². The number of piperidine rings is 2. The summed E-state index contributed by atoms with van der Waals surface area (Å²) in [7, 11) is -0.574. The van der Waals surface area contributed by atoms with Crippen molar-refractivity contribution in [1.82, 2.24) is 13.5 Å². The molecule has 0 spiro atoms. The molecule has 0 saturated carbocycles. The summed E-state index contributed by atoms with van der Waals surface area (Å²) < 4.78 is 27.3. The third kappa shape index (κ3) is 4.96. The van der Waals surface area contributed by atoms with Crippen molar-refractivity contribution in [2.24, 2.45) is 5.92 Å². The second-order valence-corrected chi connectivity index (χ2v) is 10.0. The highest BCUT2D eigenvalue weighted by Crippen LogP contribution is 2.24. The average Bonchev–Trinajstić information content (AvgIpc) is 2.74. The Labute approximate surface area is 173 Å². The largest absolute Gasteiger partial charge is 0.339 e. The molecular formula is C20H30N4O4S. The fourth-order valence-electron chi connectivity index (χ4n) is 3.88. The van der Waals surface area contributed by atoms with E-state index in [1.807, 2.05) is 4.90 Å². The number of anilines is 1. The van der Waals surface area contributed by atoms with E-state index < -0.39 is 16.1 Å². The summed E-state index contributed by atoms with van der Waals surface area (Å²) in [4.78, 5) is 27.6. The molecule has 9 heteroatoms. The van der Waals surface area contributed by atoms with Crippen LogP contribution in [0.1, 0.15) is 42.5 Å². The first-order valence-corrected chi connectivity index (χ1v) is 11.6. The number of nitrogens with zero attached hydrogens (tertiary/aromatic N) is 3. The molecule has 1 aromatic carbocycles. The van der Waals surface area contributed by atoms with Crippen molar-refractivity contribution < 1.29 is 18.0 Å². The van der Waals surface area contributed by atoms with E-state index in [2.05, 4.69) is 5.32 Å². The van der Waals surface area contributed by atoms with Crippen molar-refractivity contribution in [1.29, 1.82) is 0 Å². The quantitative estimate of drug-likeness (QED) is 0.783. The first-order chi connectivity index (χ1) is 13.8. The van der Waals surface area contributed by atoms with E-state index in [9.17, 15) is 18.0 Å². The van der Waals surface area contributed by atoms with Crippen molar-refractivity contribution >= 4 is 27.7 Å². The maximum Gasteiger partial charge on any atom is 0.281 e. The van der Waals surface area contributed by atoms with Crippen LogP contribution in [0.2, 0.25) is 0 Å². The van der Waals surface area contributed by atoms with Gasteiger partial charge in [0.1, 0.15) is 0 Å². The molecule has 1 atom stereocenters. The molecule has 0 aromatic heterocycles. The SMILES string of the molecule is CN(C)S(=O)(=O)N1CCC[C@H](C(=O)Nc2ccccc2C(=O)N2CCCCC2)C1. The Morgan fingerprint density at radius 2 is 1.72 bits per heavy atom. The van der Waals surface area contributed by atoms with Crippen LogP contribution in [0.15, 0.2) is 24.3 Å². The first-order valence-electron chi connectivity index (χ1n) is 10.2. The number of carbonyl (C=O) groups excluding carboxylic acids is 2. The molecule has 0 radical (unpaired) electrons. The van der Waals surface area contributed by atoms with Crippen molar-refractivity contribution in [3.8, 4) is 0 Å². The minimum Gasteiger partial charge on any atom is -0.339 e. The Bertz CT molecular complexity index is 850. The van der Waals surface area contributed by atoms with Gasteiger partial charge in [0.25, 0.3) is 16.1 Å². The highest BCUT2D eigenvalue weighted by molar-refractivity contribution is 7.86. The zero-order chi connectivity index (χ0) is 21.0. The van der Waals surface area contributed by atoms with Crippen LogP contribution < -0.4 is 5.32 Å². The van der Waals surface area contributed by atoms with Gasteiger partial charge in [-0.25, -0.2) is 0 Å². The Balaban J connectivity index is 1.71. The van der Waals surface area contributed by atoms with Crippen LogP contribution in [0, 0.1) is 5.92 Å². The monoisotopic (exact) mass is 422 g/mol. The number of para-hydroxylation sites is 1. The predicted molar refractivity (Wildman–Crippen MR) is 112 cm³/mol. The summed E-state index contributed by atoms with van der Waals surface area (Å²) in [6, 6.07) is 7.04. The zero-order valence-corrected chi connectivity index (χ0v) is 18.0. The molecule has 8 nitrogen and oxygen atoms in total. The number of amides is 2. The number of rotatable bonds is 5. The maximum absolute atomic E-state index is 12.9. The molecule has 2 fully saturated rings. The van der Waals surface area contributed by atoms with E-state index in [1.54, 1.807) is 24.3 Å². The topological polar surface area (TPSA) is 90.0 Å². The second kappa shape index (κ2) is 9.23. The number of carbonyl (C=O) groups is 2. The van der Waals surface area contributed by atoms with Crippen LogP contribution in [0.5, 0.6) is 0 Å². The molecule has 0 unspecified atom stereocenters. The molecule has 1 N–H and O–H groups in total. The molecule has 1 aromatic rings. The summed E-state index contributed by atoms with van der Waals surface area (Å²) in [5, 5.41) is 2.88. The minimum absolute atomic E-state index is 0.0685. The van der Waals surface area contributed by atoms with E-state index >= 15 is 0 Å². The molecule has 3 rings (SSSR count). The summed E-state index contributed by atoms with van der Waals surface area (Å²) in [6.07, 6.45) is 4.38. The van der Waals surface area contributed by atoms with E-state index in [-0.39, 0.29) is 18.4 Å². The average molecular weight is 423 g/mol. The van der Waals surface area contributed by atoms with E-state index in [1.165, 1.54) is 22.7 Å². The second-order valence-electron chi connectivity index (χ2n) is 7.88. The Hall–Kier alpha value is -1.97. The molecule has 2 aliphatic rings. The molecule has 29 heavy (non-hydrogen) atoms. The van der Waals surface area contributed by atoms with Crippen LogP contribution in [0.3, 0.4) is 0 Å². The minimum atomic E-state index is -3.55. The lowest BCUT2D eigenvalue weighted by Gasteiger charge is -2.33. The molecule has 2 aliphatic heterocycles. The maximum atomic E-state index is 12.9. The Morgan fingerprint density at radius 3 is 2.41 bits per heavy atom. The summed E-state index contributed by atoms with van der Waals surface area (Å²) in [5.41, 5.74) is 0.969. The fraction of sp³-hybridized carbons (Fsp3) is 0.600. The number of benzene rings is 1. The standard InChI is InChI=1S/C20H30N4O4S/c1-22(2)29(27,28)24-14-8-9-16(15-24)19(25)21-18-11-5-4-10-17(18)20(26)23-12-6-3-7-13-23/h4-5,10-11,16H,3,6-9,12-15H2,1-2H3,(H,21,25)/t16-/m0/s1. The molecular weight excluding hydrogens is 392 g/mol. The van der Waals surface area contributed by atoms with Gasteiger partial charge in [0.15, 0.2) is 0 Å². The Morgan fingerprint density at radius 1 is 1.03 bits per heavy atom. The van der Waals surface area contributed by atoms with Crippen molar-refractivity contribution in [2.75, 3.05) is 45.6 Å². The van der Waals surface area contributed by atoms with E-state index in [0.717, 1.165) is 32.4 Å². The van der Waals surface area contributed by atoms with Crippen molar-refractivity contribution in [3.63, 3.8) is 0 Å². The molecule has 0 bridgehead atoms. The number of nitrogens with one attached hydrogen (secondary N) is 1. The smallest absolute Gasteiger partial charge is 0.281 e. The first kappa shape index (κ1) is 21.7. The van der Waals surface area contributed by atoms with Gasteiger partial charge < -0.3 is 10.2 Å². The lowest BCUT2D eigenvalue weighted by molar-refractivity contribution is -0.120. The van der Waals surface area contributed by atoms with Gasteiger partial charge in [-0.1, -0.05) is 12.1 Å². The van der Waals surface area contributed by atoms with E-state index in [4.69, 9.17) is 0 Å².